The van der Waals surface area contributed by atoms with E-state index in [2.05, 4.69) is 53.2 Å². The summed E-state index contributed by atoms with van der Waals surface area (Å²) in [5, 5.41) is 28.6. The molecule has 3 aromatic heterocycles. The van der Waals surface area contributed by atoms with Gasteiger partial charge in [0.25, 0.3) is 0 Å². The van der Waals surface area contributed by atoms with Gasteiger partial charge in [-0.3, -0.25) is 4.68 Å². The smallest absolute Gasteiger partial charge is 0.103 e. The van der Waals surface area contributed by atoms with Crippen molar-refractivity contribution in [1.29, 1.82) is 10.5 Å². The van der Waals surface area contributed by atoms with Crippen LogP contribution in [-0.2, 0) is 0 Å². The third kappa shape index (κ3) is 4.43. The number of aromatic nitrogens is 4. The molecule has 0 radical (unpaired) electrons. The number of aryl methyl sites for hydroxylation is 1. The van der Waals surface area contributed by atoms with Crippen molar-refractivity contribution in [2.75, 3.05) is 14.1 Å². The second kappa shape index (κ2) is 9.58. The molecular formula is C27H27N7S. The molecule has 0 atom stereocenters. The maximum Gasteiger partial charge on any atom is 0.103 e. The van der Waals surface area contributed by atoms with Gasteiger partial charge in [0.1, 0.15) is 12.1 Å². The van der Waals surface area contributed by atoms with Crippen molar-refractivity contribution in [3.8, 4) is 23.3 Å². The van der Waals surface area contributed by atoms with Crippen molar-refractivity contribution in [3.05, 3.63) is 65.7 Å². The topological polar surface area (TPSA) is 85.9 Å². The third-order valence-electron chi connectivity index (χ3n) is 6.92. The van der Waals surface area contributed by atoms with Gasteiger partial charge >= 0.3 is 0 Å². The molecule has 4 aromatic rings. The Balaban J connectivity index is 1.53. The van der Waals surface area contributed by atoms with Gasteiger partial charge in [0.05, 0.1) is 34.6 Å². The Morgan fingerprint density at radius 1 is 1.00 bits per heavy atom. The summed E-state index contributed by atoms with van der Waals surface area (Å²) >= 11 is 1.49. The highest BCUT2D eigenvalue weighted by molar-refractivity contribution is 7.99. The number of hydrogen-bond acceptors (Lipinski definition) is 6. The first-order valence-corrected chi connectivity index (χ1v) is 12.6. The second-order valence-corrected chi connectivity index (χ2v) is 10.4. The minimum absolute atomic E-state index is 0.411. The second-order valence-electron chi connectivity index (χ2n) is 9.30. The quantitative estimate of drug-likeness (QED) is 0.377. The van der Waals surface area contributed by atoms with Gasteiger partial charge in [-0.25, -0.2) is 4.52 Å². The van der Waals surface area contributed by atoms with Crippen molar-refractivity contribution >= 4 is 17.3 Å². The molecule has 0 bridgehead atoms. The molecule has 0 spiro atoms. The molecule has 0 N–H and O–H groups in total. The van der Waals surface area contributed by atoms with E-state index < -0.39 is 0 Å². The lowest BCUT2D eigenvalue weighted by Crippen LogP contribution is -2.32. The molecule has 35 heavy (non-hydrogen) atoms. The van der Waals surface area contributed by atoms with Crippen LogP contribution in [0.25, 0.3) is 16.6 Å². The SMILES string of the molecule is Cc1nn(C2CCC(N(C)C)CC2)cc1-c1cc(Sc2ccccc2C#N)c2c(C#N)cnn2c1. The Bertz CT molecular complexity index is 1460. The van der Waals surface area contributed by atoms with Gasteiger partial charge in [0, 0.05) is 39.4 Å². The molecule has 1 fully saturated rings. The molecule has 1 aliphatic rings. The van der Waals surface area contributed by atoms with Crippen LogP contribution in [0, 0.1) is 29.6 Å². The van der Waals surface area contributed by atoms with Crippen LogP contribution < -0.4 is 0 Å². The maximum atomic E-state index is 9.67. The number of nitrogens with zero attached hydrogens (tertiary/aromatic N) is 7. The Kier molecular flexibility index (Phi) is 6.34. The lowest BCUT2D eigenvalue weighted by molar-refractivity contribution is 0.189. The molecule has 1 aromatic carbocycles. The number of hydrogen-bond donors (Lipinski definition) is 0. The molecule has 176 valence electrons. The Morgan fingerprint density at radius 3 is 2.46 bits per heavy atom. The number of fused-ring (bicyclic) bond motifs is 1. The molecule has 1 aliphatic carbocycles. The van der Waals surface area contributed by atoms with Crippen molar-refractivity contribution in [2.24, 2.45) is 0 Å². The largest absolute Gasteiger partial charge is 0.306 e. The van der Waals surface area contributed by atoms with Crippen LogP contribution in [0.2, 0.25) is 0 Å². The molecule has 0 saturated heterocycles. The van der Waals surface area contributed by atoms with E-state index >= 15 is 0 Å². The minimum atomic E-state index is 0.411. The van der Waals surface area contributed by atoms with Gasteiger partial charge in [-0.2, -0.15) is 20.7 Å². The minimum Gasteiger partial charge on any atom is -0.306 e. The summed E-state index contributed by atoms with van der Waals surface area (Å²) in [5.41, 5.74) is 4.90. The third-order valence-corrected chi connectivity index (χ3v) is 8.03. The van der Waals surface area contributed by atoms with Crippen LogP contribution in [-0.4, -0.2) is 44.4 Å². The summed E-state index contributed by atoms with van der Waals surface area (Å²) in [7, 11) is 4.32. The van der Waals surface area contributed by atoms with E-state index in [-0.39, 0.29) is 0 Å². The lowest BCUT2D eigenvalue weighted by atomic mass is 9.90. The van der Waals surface area contributed by atoms with Crippen LogP contribution >= 0.6 is 11.8 Å². The van der Waals surface area contributed by atoms with Crippen molar-refractivity contribution in [3.63, 3.8) is 0 Å². The van der Waals surface area contributed by atoms with Gasteiger partial charge in [0.2, 0.25) is 0 Å². The molecular weight excluding hydrogens is 454 g/mol. The fourth-order valence-electron chi connectivity index (χ4n) is 4.95. The number of pyridine rings is 1. The van der Waals surface area contributed by atoms with E-state index in [1.165, 1.54) is 24.6 Å². The molecule has 8 heteroatoms. The first kappa shape index (κ1) is 23.2. The van der Waals surface area contributed by atoms with Gasteiger partial charge in [-0.15, -0.1) is 0 Å². The zero-order valence-electron chi connectivity index (χ0n) is 20.1. The maximum absolute atomic E-state index is 9.67. The van der Waals surface area contributed by atoms with E-state index in [0.29, 0.717) is 23.2 Å². The molecule has 0 amide bonds. The zero-order valence-corrected chi connectivity index (χ0v) is 21.0. The van der Waals surface area contributed by atoms with E-state index in [1.807, 2.05) is 37.4 Å². The highest BCUT2D eigenvalue weighted by atomic mass is 32.2. The molecule has 1 saturated carbocycles. The summed E-state index contributed by atoms with van der Waals surface area (Å²) in [6.07, 6.45) is 10.3. The van der Waals surface area contributed by atoms with Crippen LogP contribution in [0.3, 0.4) is 0 Å². The summed E-state index contributed by atoms with van der Waals surface area (Å²) in [6.45, 7) is 2.04. The van der Waals surface area contributed by atoms with E-state index in [4.69, 9.17) is 5.10 Å². The van der Waals surface area contributed by atoms with Crippen molar-refractivity contribution in [2.45, 2.75) is 54.5 Å². The van der Waals surface area contributed by atoms with E-state index in [0.717, 1.165) is 45.0 Å². The van der Waals surface area contributed by atoms with Gasteiger partial charge in [-0.1, -0.05) is 23.9 Å². The normalized spacial score (nSPS) is 18.0. The van der Waals surface area contributed by atoms with Gasteiger partial charge < -0.3 is 4.90 Å². The Labute approximate surface area is 209 Å². The van der Waals surface area contributed by atoms with E-state index in [9.17, 15) is 10.5 Å². The highest BCUT2D eigenvalue weighted by Crippen LogP contribution is 2.38. The fourth-order valence-corrected chi connectivity index (χ4v) is 6.04. The Hall–Kier alpha value is -3.59. The summed E-state index contributed by atoms with van der Waals surface area (Å²) in [5.74, 6) is 0. The molecule has 0 aliphatic heterocycles. The first-order valence-electron chi connectivity index (χ1n) is 11.8. The zero-order chi connectivity index (χ0) is 24.5. The number of nitriles is 2. The molecule has 7 nitrogen and oxygen atoms in total. The average Bonchev–Trinajstić information content (AvgIpc) is 3.47. The predicted molar refractivity (Wildman–Crippen MR) is 136 cm³/mol. The molecule has 5 rings (SSSR count). The van der Waals surface area contributed by atoms with Gasteiger partial charge in [-0.05, 0) is 64.9 Å². The first-order chi connectivity index (χ1) is 17.0. The van der Waals surface area contributed by atoms with Crippen LogP contribution in [0.4, 0.5) is 0 Å². The standard InChI is InChI=1S/C27H27N7S/c1-18-24(17-33(31-18)23-10-8-22(9-11-23)32(2)3)20-12-26(27-21(14-29)15-30-34(27)16-20)35-25-7-5-4-6-19(25)13-28/h4-7,12,15-17,22-23H,8-11H2,1-3H3. The monoisotopic (exact) mass is 481 g/mol. The summed E-state index contributed by atoms with van der Waals surface area (Å²) in [6, 6.07) is 15.2. The fraction of sp³-hybridized carbons (Fsp3) is 0.333. The van der Waals surface area contributed by atoms with E-state index in [1.54, 1.807) is 10.7 Å². The number of rotatable bonds is 5. The highest BCUT2D eigenvalue weighted by Gasteiger charge is 2.25. The van der Waals surface area contributed by atoms with Crippen LogP contribution in [0.15, 0.2) is 58.7 Å². The molecule has 3 heterocycles. The van der Waals surface area contributed by atoms with Crippen LogP contribution in [0.1, 0.15) is 48.5 Å². The van der Waals surface area contributed by atoms with Crippen LogP contribution in [0.5, 0.6) is 0 Å². The van der Waals surface area contributed by atoms with Gasteiger partial charge in [0.15, 0.2) is 0 Å². The van der Waals surface area contributed by atoms with Crippen molar-refractivity contribution in [1.82, 2.24) is 24.3 Å². The average molecular weight is 482 g/mol. The lowest BCUT2D eigenvalue weighted by Gasteiger charge is -2.32. The predicted octanol–water partition coefficient (Wildman–Crippen LogP) is 5.45. The van der Waals surface area contributed by atoms with Crippen molar-refractivity contribution < 1.29 is 0 Å². The Morgan fingerprint density at radius 2 is 1.74 bits per heavy atom. The molecule has 0 unspecified atom stereocenters. The summed E-state index contributed by atoms with van der Waals surface area (Å²) in [4.78, 5) is 4.07. The number of benzene rings is 1. The summed E-state index contributed by atoms with van der Waals surface area (Å²) < 4.78 is 3.91.